The lowest BCUT2D eigenvalue weighted by atomic mass is 10.1. The molecule has 9 nitrogen and oxygen atoms in total. The van der Waals surface area contributed by atoms with E-state index in [9.17, 15) is 5.11 Å². The average molecular weight is 555 g/mol. The van der Waals surface area contributed by atoms with Crippen LogP contribution in [0.1, 0.15) is 82.7 Å². The van der Waals surface area contributed by atoms with Gasteiger partial charge in [-0.1, -0.05) is 39.8 Å². The van der Waals surface area contributed by atoms with Gasteiger partial charge in [0.1, 0.15) is 6.10 Å². The normalized spacial score (nSPS) is 16.9. The Labute approximate surface area is 240 Å². The molecule has 40 heavy (non-hydrogen) atoms. The summed E-state index contributed by atoms with van der Waals surface area (Å²) in [5.41, 5.74) is 6.75. The van der Waals surface area contributed by atoms with E-state index in [1.165, 1.54) is 0 Å². The highest BCUT2D eigenvalue weighted by atomic mass is 16.5. The van der Waals surface area contributed by atoms with Gasteiger partial charge in [-0.15, -0.1) is 5.10 Å². The summed E-state index contributed by atoms with van der Waals surface area (Å²) < 4.78 is 16.1. The summed E-state index contributed by atoms with van der Waals surface area (Å²) in [5.74, 6) is 1.31. The number of hydrogen-bond acceptors (Lipinski definition) is 7. The monoisotopic (exact) mass is 554 g/mol. The van der Waals surface area contributed by atoms with E-state index in [0.717, 1.165) is 51.8 Å². The molecule has 0 fully saturated rings. The summed E-state index contributed by atoms with van der Waals surface area (Å²) in [4.78, 5) is 7.04. The Morgan fingerprint density at radius 3 is 2.48 bits per heavy atom. The summed E-state index contributed by atoms with van der Waals surface area (Å²) in [7, 11) is 3.97. The van der Waals surface area contributed by atoms with Gasteiger partial charge < -0.3 is 14.6 Å². The minimum atomic E-state index is -0.170. The number of pyridine rings is 1. The van der Waals surface area contributed by atoms with Crippen LogP contribution in [-0.4, -0.2) is 67.5 Å². The maximum absolute atomic E-state index is 9.90. The molecule has 3 aromatic heterocycles. The zero-order chi connectivity index (χ0) is 30.0. The fourth-order valence-corrected chi connectivity index (χ4v) is 4.82. The summed E-state index contributed by atoms with van der Waals surface area (Å²) in [5, 5.41) is 19.3. The molecular weight excluding hydrogens is 504 g/mol. The smallest absolute Gasteiger partial charge is 0.240 e. The third-order valence-electron chi connectivity index (χ3n) is 6.36. The summed E-state index contributed by atoms with van der Waals surface area (Å²) in [6.45, 7) is 19.8. The molecule has 1 aliphatic rings. The predicted molar refractivity (Wildman–Crippen MR) is 163 cm³/mol. The molecule has 0 saturated carbocycles. The van der Waals surface area contributed by atoms with Crippen molar-refractivity contribution < 1.29 is 14.6 Å². The Bertz CT molecular complexity index is 1250. The molecule has 2 unspecified atom stereocenters. The molecule has 0 spiro atoms. The molecule has 1 N–H and O–H groups in total. The van der Waals surface area contributed by atoms with Crippen molar-refractivity contribution >= 4 is 6.08 Å². The minimum Gasteiger partial charge on any atom is -0.476 e. The van der Waals surface area contributed by atoms with Crippen LogP contribution in [0.5, 0.6) is 11.8 Å². The number of ether oxygens (including phenoxy) is 2. The Hall–Kier alpha value is -3.17. The Kier molecular flexibility index (Phi) is 12.9. The van der Waals surface area contributed by atoms with E-state index in [1.54, 1.807) is 4.68 Å². The van der Waals surface area contributed by atoms with Crippen molar-refractivity contribution in [3.63, 3.8) is 0 Å². The Morgan fingerprint density at radius 1 is 1.12 bits per heavy atom. The van der Waals surface area contributed by atoms with Gasteiger partial charge in [0.25, 0.3) is 0 Å². The first-order valence-electron chi connectivity index (χ1n) is 14.6. The summed E-state index contributed by atoms with van der Waals surface area (Å²) in [6, 6.07) is 4.05. The van der Waals surface area contributed by atoms with Gasteiger partial charge >= 0.3 is 0 Å². The number of allylic oxidation sites excluding steroid dienone is 1. The second-order valence-electron chi connectivity index (χ2n) is 9.70. The molecule has 0 saturated heterocycles. The van der Waals surface area contributed by atoms with Crippen molar-refractivity contribution in [3.05, 3.63) is 46.4 Å². The van der Waals surface area contributed by atoms with Crippen molar-refractivity contribution in [1.29, 1.82) is 0 Å². The fraction of sp³-hybridized carbons (Fsp3) is 0.581. The average Bonchev–Trinajstić information content (AvgIpc) is 3.40. The van der Waals surface area contributed by atoms with Gasteiger partial charge in [-0.2, -0.15) is 5.10 Å². The number of aliphatic hydroxyl groups excluding tert-OH is 1. The third kappa shape index (κ3) is 7.73. The number of fused-ring (bicyclic) bond motifs is 5. The standard InChI is InChI=1S/C27H38N6O3.2C2H6/c1-8-35-26-22-11-9-10-21-12-17(2)28-23(13-21)25-20(5)29-32(7)27(25)36-19(4)14-31(6)15-24(22)33(30-26)18(3)16-34;2*1-2/h9,11-13,18-19,34H,8,10,14-16H2,1-7H3;2*1-2H3/b11-9+;;. The quantitative estimate of drug-likeness (QED) is 0.438. The van der Waals surface area contributed by atoms with E-state index in [-0.39, 0.29) is 18.8 Å². The van der Waals surface area contributed by atoms with Crippen LogP contribution in [0.4, 0.5) is 0 Å². The Balaban J connectivity index is 0.00000134. The Morgan fingerprint density at radius 2 is 1.82 bits per heavy atom. The van der Waals surface area contributed by atoms with Gasteiger partial charge in [-0.3, -0.25) is 14.6 Å². The molecule has 3 aromatic rings. The van der Waals surface area contributed by atoms with Crippen LogP contribution >= 0.6 is 0 Å². The second-order valence-corrected chi connectivity index (χ2v) is 9.70. The first kappa shape index (κ1) is 33.0. The molecule has 4 rings (SSSR count). The van der Waals surface area contributed by atoms with Crippen LogP contribution in [0.15, 0.2) is 18.2 Å². The predicted octanol–water partition coefficient (Wildman–Crippen LogP) is 5.77. The molecule has 9 heteroatoms. The molecule has 222 valence electrons. The molecule has 0 radical (unpaired) electrons. The molecule has 2 atom stereocenters. The van der Waals surface area contributed by atoms with E-state index >= 15 is 0 Å². The van der Waals surface area contributed by atoms with Crippen LogP contribution < -0.4 is 9.47 Å². The highest BCUT2D eigenvalue weighted by Gasteiger charge is 2.24. The van der Waals surface area contributed by atoms with Crippen molar-refractivity contribution in [2.75, 3.05) is 26.8 Å². The number of aryl methyl sites for hydroxylation is 3. The highest BCUT2D eigenvalue weighted by molar-refractivity contribution is 5.69. The number of aliphatic hydroxyl groups is 1. The van der Waals surface area contributed by atoms with Crippen LogP contribution in [0.2, 0.25) is 0 Å². The van der Waals surface area contributed by atoms with E-state index in [0.29, 0.717) is 25.6 Å². The largest absolute Gasteiger partial charge is 0.476 e. The van der Waals surface area contributed by atoms with Gasteiger partial charge in [0.15, 0.2) is 0 Å². The maximum Gasteiger partial charge on any atom is 0.240 e. The van der Waals surface area contributed by atoms with Crippen molar-refractivity contribution in [2.24, 2.45) is 7.05 Å². The number of nitrogens with zero attached hydrogens (tertiary/aromatic N) is 6. The van der Waals surface area contributed by atoms with Crippen LogP contribution in [0, 0.1) is 13.8 Å². The molecule has 4 heterocycles. The van der Waals surface area contributed by atoms with E-state index < -0.39 is 0 Å². The summed E-state index contributed by atoms with van der Waals surface area (Å²) in [6.07, 6.45) is 4.86. The topological polar surface area (TPSA) is 90.5 Å². The van der Waals surface area contributed by atoms with Crippen molar-refractivity contribution in [3.8, 4) is 23.0 Å². The lowest BCUT2D eigenvalue weighted by Gasteiger charge is -2.24. The second kappa shape index (κ2) is 15.6. The molecule has 0 aromatic carbocycles. The van der Waals surface area contributed by atoms with Gasteiger partial charge in [-0.25, -0.2) is 4.68 Å². The fourth-order valence-electron chi connectivity index (χ4n) is 4.82. The zero-order valence-corrected chi connectivity index (χ0v) is 26.4. The van der Waals surface area contributed by atoms with E-state index in [4.69, 9.17) is 19.6 Å². The third-order valence-corrected chi connectivity index (χ3v) is 6.36. The maximum atomic E-state index is 9.90. The van der Waals surface area contributed by atoms with Gasteiger partial charge in [0.05, 0.1) is 47.5 Å². The van der Waals surface area contributed by atoms with Crippen LogP contribution in [-0.2, 0) is 20.0 Å². The first-order valence-corrected chi connectivity index (χ1v) is 14.6. The number of likely N-dealkylation sites (N-methyl/N-ethyl adjacent to an activating group) is 1. The van der Waals surface area contributed by atoms with Gasteiger partial charge in [-0.05, 0) is 65.8 Å². The molecule has 0 aliphatic carbocycles. The van der Waals surface area contributed by atoms with E-state index in [1.807, 2.05) is 67.1 Å². The number of hydrogen-bond donors (Lipinski definition) is 1. The van der Waals surface area contributed by atoms with Gasteiger partial charge in [0, 0.05) is 25.8 Å². The molecular formula is C31H50N6O3. The number of rotatable bonds is 4. The zero-order valence-electron chi connectivity index (χ0n) is 26.4. The van der Waals surface area contributed by atoms with Crippen molar-refractivity contribution in [1.82, 2.24) is 29.4 Å². The molecule has 0 amide bonds. The molecule has 1 aliphatic heterocycles. The molecule has 2 bridgehead atoms. The number of aromatic nitrogens is 5. The lowest BCUT2D eigenvalue weighted by Crippen LogP contribution is -2.32. The van der Waals surface area contributed by atoms with E-state index in [2.05, 4.69) is 48.3 Å². The first-order chi connectivity index (χ1) is 19.2. The SMILES string of the molecule is CC.CC.CCOc1nn(C(C)CO)c2c1/C=C/Cc1cc(C)nc(c1)-c1c(C)nn(C)c1OC(C)CN(C)C2. The summed E-state index contributed by atoms with van der Waals surface area (Å²) >= 11 is 0. The van der Waals surface area contributed by atoms with Crippen LogP contribution in [0.3, 0.4) is 0 Å². The van der Waals surface area contributed by atoms with Gasteiger partial charge in [0.2, 0.25) is 11.8 Å². The lowest BCUT2D eigenvalue weighted by molar-refractivity contribution is 0.145. The minimum absolute atomic E-state index is 0.00564. The van der Waals surface area contributed by atoms with Crippen LogP contribution in [0.25, 0.3) is 17.3 Å². The highest BCUT2D eigenvalue weighted by Crippen LogP contribution is 2.34. The van der Waals surface area contributed by atoms with Crippen molar-refractivity contribution in [2.45, 2.75) is 87.4 Å².